The van der Waals surface area contributed by atoms with Crippen molar-refractivity contribution in [3.8, 4) is 0 Å². The van der Waals surface area contributed by atoms with E-state index < -0.39 is 10.8 Å². The summed E-state index contributed by atoms with van der Waals surface area (Å²) in [6, 6.07) is 10.1. The van der Waals surface area contributed by atoms with E-state index in [1.807, 2.05) is 25.1 Å². The Kier molecular flexibility index (Phi) is 3.95. The van der Waals surface area contributed by atoms with Crippen LogP contribution in [0, 0.1) is 16.2 Å². The molecule has 0 unspecified atom stereocenters. The van der Waals surface area contributed by atoms with Crippen LogP contribution in [-0.4, -0.2) is 23.1 Å². The van der Waals surface area contributed by atoms with Gasteiger partial charge in [0.05, 0.1) is 10.2 Å². The highest BCUT2D eigenvalue weighted by atomic mass is 79.9. The van der Waals surface area contributed by atoms with E-state index in [0.29, 0.717) is 6.54 Å². The smallest absolute Gasteiger partial charge is 0.228 e. The van der Waals surface area contributed by atoms with Crippen molar-refractivity contribution in [1.82, 2.24) is 5.32 Å². The van der Waals surface area contributed by atoms with Crippen molar-refractivity contribution in [1.29, 1.82) is 0 Å². The Labute approximate surface area is 146 Å². The molecule has 0 heterocycles. The number of alkyl halides is 1. The summed E-state index contributed by atoms with van der Waals surface area (Å²) in [7, 11) is 0. The van der Waals surface area contributed by atoms with Gasteiger partial charge in [0.25, 0.3) is 0 Å². The number of hydrogen-bond acceptors (Lipinski definition) is 2. The molecule has 0 saturated heterocycles. The molecule has 0 spiro atoms. The molecule has 2 aliphatic rings. The van der Waals surface area contributed by atoms with Gasteiger partial charge in [-0.25, -0.2) is 0 Å². The lowest BCUT2D eigenvalue weighted by molar-refractivity contribution is -0.135. The van der Waals surface area contributed by atoms with E-state index in [0.717, 1.165) is 19.3 Å². The van der Waals surface area contributed by atoms with Crippen molar-refractivity contribution in [2.45, 2.75) is 44.9 Å². The van der Waals surface area contributed by atoms with E-state index in [9.17, 15) is 9.59 Å². The number of ketones is 1. The summed E-state index contributed by atoms with van der Waals surface area (Å²) in [6.45, 7) is 6.78. The lowest BCUT2D eigenvalue weighted by Crippen LogP contribution is -2.51. The second-order valence-electron chi connectivity index (χ2n) is 7.65. The number of halogens is 1. The van der Waals surface area contributed by atoms with E-state index in [4.69, 9.17) is 0 Å². The number of carbonyl (C=O) groups excluding carboxylic acids is 2. The first-order chi connectivity index (χ1) is 10.8. The minimum absolute atomic E-state index is 0.0230. The Morgan fingerprint density at radius 1 is 1.22 bits per heavy atom. The lowest BCUT2D eigenvalue weighted by atomic mass is 9.64. The Balaban J connectivity index is 1.75. The van der Waals surface area contributed by atoms with Crippen LogP contribution in [-0.2, 0) is 16.0 Å². The van der Waals surface area contributed by atoms with E-state index in [2.05, 4.69) is 47.2 Å². The molecule has 2 saturated carbocycles. The third kappa shape index (κ3) is 2.07. The molecule has 124 valence electrons. The monoisotopic (exact) mass is 377 g/mol. The summed E-state index contributed by atoms with van der Waals surface area (Å²) >= 11 is 3.56. The third-order valence-electron chi connectivity index (χ3n) is 6.67. The van der Waals surface area contributed by atoms with Crippen molar-refractivity contribution < 1.29 is 9.59 Å². The fraction of sp³-hybridized carbons (Fsp3) is 0.579. The topological polar surface area (TPSA) is 46.2 Å². The van der Waals surface area contributed by atoms with Crippen LogP contribution in [0.25, 0.3) is 0 Å². The van der Waals surface area contributed by atoms with Gasteiger partial charge in [-0.2, -0.15) is 0 Å². The molecule has 2 bridgehead atoms. The van der Waals surface area contributed by atoms with Crippen LogP contribution in [0.4, 0.5) is 0 Å². The molecule has 2 fully saturated rings. The van der Waals surface area contributed by atoms with Gasteiger partial charge in [0.1, 0.15) is 0 Å². The second-order valence-corrected chi connectivity index (χ2v) is 8.56. The van der Waals surface area contributed by atoms with Gasteiger partial charge in [-0.05, 0) is 30.2 Å². The molecule has 4 heteroatoms. The maximum absolute atomic E-state index is 13.0. The maximum Gasteiger partial charge on any atom is 0.228 e. The highest BCUT2D eigenvalue weighted by Gasteiger charge is 2.76. The molecule has 0 aliphatic heterocycles. The molecule has 1 aromatic carbocycles. The second kappa shape index (κ2) is 5.44. The van der Waals surface area contributed by atoms with Crippen molar-refractivity contribution in [3.63, 3.8) is 0 Å². The zero-order chi connectivity index (χ0) is 16.9. The van der Waals surface area contributed by atoms with Crippen LogP contribution >= 0.6 is 15.9 Å². The first-order valence-corrected chi connectivity index (χ1v) is 9.19. The number of hydrogen-bond donors (Lipinski definition) is 1. The molecular formula is C19H24BrNO2. The highest BCUT2D eigenvalue weighted by molar-refractivity contribution is 9.10. The molecule has 3 atom stereocenters. The number of nitrogens with one attached hydrogen (secondary N) is 1. The zero-order valence-corrected chi connectivity index (χ0v) is 15.6. The largest absolute Gasteiger partial charge is 0.355 e. The number of fused-ring (bicyclic) bond motifs is 2. The van der Waals surface area contributed by atoms with Crippen LogP contribution in [0.1, 0.15) is 39.2 Å². The van der Waals surface area contributed by atoms with Gasteiger partial charge >= 0.3 is 0 Å². The quantitative estimate of drug-likeness (QED) is 0.816. The summed E-state index contributed by atoms with van der Waals surface area (Å²) < 4.78 is 0. The summed E-state index contributed by atoms with van der Waals surface area (Å²) in [5.41, 5.74) is -0.158. The molecule has 1 N–H and O–H groups in total. The third-order valence-corrected chi connectivity index (χ3v) is 7.87. The fourth-order valence-corrected chi connectivity index (χ4v) is 6.09. The number of carbonyl (C=O) groups is 2. The molecule has 1 amide bonds. The molecule has 3 rings (SSSR count). The van der Waals surface area contributed by atoms with Gasteiger partial charge in [0, 0.05) is 12.0 Å². The lowest BCUT2D eigenvalue weighted by Gasteiger charge is -2.39. The van der Waals surface area contributed by atoms with Gasteiger partial charge in [0.2, 0.25) is 5.91 Å². The van der Waals surface area contributed by atoms with Crippen LogP contribution in [0.3, 0.4) is 0 Å². The molecule has 0 radical (unpaired) electrons. The number of rotatable bonds is 4. The van der Waals surface area contributed by atoms with Gasteiger partial charge in [-0.1, -0.05) is 67.0 Å². The van der Waals surface area contributed by atoms with E-state index >= 15 is 0 Å². The molecule has 0 aromatic heterocycles. The van der Waals surface area contributed by atoms with Crippen molar-refractivity contribution >= 4 is 27.6 Å². The SMILES string of the molecule is CC1(C)[C@]2(C)CC[C@@]1(C(=O)NCCc1ccccc1)[C@H](Br)C2=O. The number of benzene rings is 1. The molecule has 3 nitrogen and oxygen atoms in total. The van der Waals surface area contributed by atoms with E-state index in [1.165, 1.54) is 5.56 Å². The molecule has 23 heavy (non-hydrogen) atoms. The molecule has 1 aromatic rings. The highest BCUT2D eigenvalue weighted by Crippen LogP contribution is 2.72. The fourth-order valence-electron chi connectivity index (χ4n) is 4.58. The van der Waals surface area contributed by atoms with Gasteiger partial charge in [0.15, 0.2) is 5.78 Å². The predicted molar refractivity (Wildman–Crippen MR) is 94.4 cm³/mol. The normalized spacial score (nSPS) is 34.6. The van der Waals surface area contributed by atoms with E-state index in [-0.39, 0.29) is 21.9 Å². The zero-order valence-electron chi connectivity index (χ0n) is 14.0. The standard InChI is InChI=1S/C19H24BrNO2/c1-17(2)18(3)10-11-19(17,14(20)15(18)22)16(23)21-12-9-13-7-5-4-6-8-13/h4-8,14H,9-12H2,1-3H3,(H,21,23)/t14-,18-,19+/m1/s1. The minimum Gasteiger partial charge on any atom is -0.355 e. The minimum atomic E-state index is -0.629. The average Bonchev–Trinajstić information content (AvgIpc) is 2.80. The Morgan fingerprint density at radius 3 is 2.43 bits per heavy atom. The number of Topliss-reactive ketones (excluding diaryl/α,β-unsaturated/α-hetero) is 1. The predicted octanol–water partition coefficient (Wildman–Crippen LogP) is 3.50. The summed E-state index contributed by atoms with van der Waals surface area (Å²) in [4.78, 5) is 25.3. The van der Waals surface area contributed by atoms with Crippen molar-refractivity contribution in [3.05, 3.63) is 35.9 Å². The van der Waals surface area contributed by atoms with Crippen molar-refractivity contribution in [2.24, 2.45) is 16.2 Å². The van der Waals surface area contributed by atoms with Crippen LogP contribution < -0.4 is 5.32 Å². The summed E-state index contributed by atoms with van der Waals surface area (Å²) in [5, 5.41) is 3.09. The van der Waals surface area contributed by atoms with Gasteiger partial charge in [-0.15, -0.1) is 0 Å². The Morgan fingerprint density at radius 2 is 1.87 bits per heavy atom. The Hall–Kier alpha value is -1.16. The van der Waals surface area contributed by atoms with Crippen molar-refractivity contribution in [2.75, 3.05) is 6.54 Å². The maximum atomic E-state index is 13.0. The number of amides is 1. The van der Waals surface area contributed by atoms with Crippen LogP contribution in [0.15, 0.2) is 30.3 Å². The summed E-state index contributed by atoms with van der Waals surface area (Å²) in [6.07, 6.45) is 2.38. The molecular weight excluding hydrogens is 354 g/mol. The van der Waals surface area contributed by atoms with Gasteiger partial charge in [-0.3, -0.25) is 9.59 Å². The van der Waals surface area contributed by atoms with E-state index in [1.54, 1.807) is 0 Å². The first kappa shape index (κ1) is 16.7. The molecule has 2 aliphatic carbocycles. The van der Waals surface area contributed by atoms with Crippen LogP contribution in [0.5, 0.6) is 0 Å². The Bertz CT molecular complexity index is 642. The summed E-state index contributed by atoms with van der Waals surface area (Å²) in [5.74, 6) is 0.210. The van der Waals surface area contributed by atoms with Crippen LogP contribution in [0.2, 0.25) is 0 Å². The first-order valence-electron chi connectivity index (χ1n) is 8.28. The van der Waals surface area contributed by atoms with Gasteiger partial charge < -0.3 is 5.32 Å². The average molecular weight is 378 g/mol.